The first-order valence-corrected chi connectivity index (χ1v) is 9.95. The van der Waals surface area contributed by atoms with Crippen molar-refractivity contribution in [2.45, 2.75) is 39.0 Å². The molecule has 140 valence electrons. The normalized spacial score (nSPS) is 16.0. The van der Waals surface area contributed by atoms with E-state index >= 15 is 0 Å². The predicted molar refractivity (Wildman–Crippen MR) is 108 cm³/mol. The Bertz CT molecular complexity index is 866. The van der Waals surface area contributed by atoms with Crippen molar-refractivity contribution in [1.29, 1.82) is 0 Å². The number of hydrogen-bond donors (Lipinski definition) is 1. The molecule has 2 aromatic rings. The Hall–Kier alpha value is -2.62. The lowest BCUT2D eigenvalue weighted by Gasteiger charge is -2.31. The van der Waals surface area contributed by atoms with Gasteiger partial charge in [0.15, 0.2) is 0 Å². The van der Waals surface area contributed by atoms with Gasteiger partial charge in [-0.25, -0.2) is 0 Å². The average Bonchev–Trinajstić information content (AvgIpc) is 3.06. The fraction of sp³-hybridized carbons (Fsp3) is 0.391. The zero-order chi connectivity index (χ0) is 18.8. The molecule has 0 aromatic heterocycles. The van der Waals surface area contributed by atoms with Crippen LogP contribution in [0.5, 0.6) is 0 Å². The summed E-state index contributed by atoms with van der Waals surface area (Å²) in [5.41, 5.74) is 6.06. The summed E-state index contributed by atoms with van der Waals surface area (Å²) in [6.07, 6.45) is 3.90. The molecule has 2 amide bonds. The van der Waals surface area contributed by atoms with Crippen molar-refractivity contribution < 1.29 is 9.59 Å². The highest BCUT2D eigenvalue weighted by atomic mass is 16.2. The molecule has 1 N–H and O–H groups in total. The molecule has 4 rings (SSSR count). The van der Waals surface area contributed by atoms with Gasteiger partial charge in [-0.05, 0) is 60.1 Å². The summed E-state index contributed by atoms with van der Waals surface area (Å²) < 4.78 is 0. The van der Waals surface area contributed by atoms with E-state index in [1.165, 1.54) is 22.3 Å². The minimum Gasteiger partial charge on any atom is -0.343 e. The Kier molecular flexibility index (Phi) is 4.97. The first-order chi connectivity index (χ1) is 13.2. The van der Waals surface area contributed by atoms with Gasteiger partial charge in [0.25, 0.3) is 0 Å². The highest BCUT2D eigenvalue weighted by Gasteiger charge is 2.27. The molecular formula is C23H26N2O2. The maximum absolute atomic E-state index is 12.7. The average molecular weight is 362 g/mol. The van der Waals surface area contributed by atoms with Crippen LogP contribution in [0.2, 0.25) is 0 Å². The minimum atomic E-state index is -0.0128. The third-order valence-electron chi connectivity index (χ3n) is 5.74. The summed E-state index contributed by atoms with van der Waals surface area (Å²) >= 11 is 0. The molecule has 0 atom stereocenters. The quantitative estimate of drug-likeness (QED) is 0.755. The minimum absolute atomic E-state index is 0.0128. The lowest BCUT2D eigenvalue weighted by Crippen LogP contribution is -2.41. The topological polar surface area (TPSA) is 49.4 Å². The third-order valence-corrected chi connectivity index (χ3v) is 5.74. The molecule has 4 nitrogen and oxygen atoms in total. The first-order valence-electron chi connectivity index (χ1n) is 9.95. The van der Waals surface area contributed by atoms with Crippen LogP contribution in [0.25, 0.3) is 11.1 Å². The van der Waals surface area contributed by atoms with Gasteiger partial charge in [0, 0.05) is 31.1 Å². The van der Waals surface area contributed by atoms with Gasteiger partial charge >= 0.3 is 0 Å². The summed E-state index contributed by atoms with van der Waals surface area (Å²) in [6, 6.07) is 14.7. The zero-order valence-corrected chi connectivity index (χ0v) is 15.8. The monoisotopic (exact) mass is 362 g/mol. The van der Waals surface area contributed by atoms with Crippen LogP contribution < -0.4 is 5.32 Å². The number of piperidine rings is 1. The molecule has 1 aliphatic carbocycles. The number of benzene rings is 2. The van der Waals surface area contributed by atoms with Crippen LogP contribution in [0.1, 0.15) is 43.7 Å². The van der Waals surface area contributed by atoms with Crippen molar-refractivity contribution in [3.8, 4) is 11.1 Å². The second-order valence-electron chi connectivity index (χ2n) is 7.60. The third kappa shape index (κ3) is 3.61. The van der Waals surface area contributed by atoms with Crippen molar-refractivity contribution in [3.05, 3.63) is 53.6 Å². The number of carbonyl (C=O) groups excluding carboxylic acids is 2. The molecule has 1 aliphatic heterocycles. The summed E-state index contributed by atoms with van der Waals surface area (Å²) in [7, 11) is 0. The summed E-state index contributed by atoms with van der Waals surface area (Å²) in [5.74, 6) is 0.281. The number of rotatable bonds is 4. The van der Waals surface area contributed by atoms with Crippen molar-refractivity contribution in [1.82, 2.24) is 4.90 Å². The molecule has 1 heterocycles. The molecule has 0 bridgehead atoms. The number of likely N-dealkylation sites (tertiary alicyclic amines) is 1. The number of hydrogen-bond acceptors (Lipinski definition) is 2. The maximum atomic E-state index is 12.7. The smallest absolute Gasteiger partial charge is 0.227 e. The number of nitrogens with zero attached hydrogens (tertiary/aromatic N) is 1. The number of nitrogens with one attached hydrogen (secondary N) is 1. The Morgan fingerprint density at radius 1 is 1.04 bits per heavy atom. The van der Waals surface area contributed by atoms with Gasteiger partial charge < -0.3 is 10.2 Å². The molecule has 4 heteroatoms. The van der Waals surface area contributed by atoms with E-state index in [9.17, 15) is 9.59 Å². The van der Waals surface area contributed by atoms with Gasteiger partial charge in [-0.2, -0.15) is 0 Å². The lowest BCUT2D eigenvalue weighted by molar-refractivity contribution is -0.134. The lowest BCUT2D eigenvalue weighted by atomic mass is 9.95. The molecule has 1 saturated heterocycles. The van der Waals surface area contributed by atoms with E-state index in [0.29, 0.717) is 19.5 Å². The Labute approximate surface area is 160 Å². The number of carbonyl (C=O) groups is 2. The van der Waals surface area contributed by atoms with Crippen LogP contribution in [0, 0.1) is 5.92 Å². The van der Waals surface area contributed by atoms with Crippen LogP contribution in [0.15, 0.2) is 42.5 Å². The summed E-state index contributed by atoms with van der Waals surface area (Å²) in [4.78, 5) is 26.6. The van der Waals surface area contributed by atoms with Gasteiger partial charge in [0.1, 0.15) is 0 Å². The first kappa shape index (κ1) is 17.8. The van der Waals surface area contributed by atoms with Gasteiger partial charge in [0.2, 0.25) is 11.8 Å². The largest absolute Gasteiger partial charge is 0.343 e. The fourth-order valence-electron chi connectivity index (χ4n) is 4.23. The Balaban J connectivity index is 1.37. The maximum Gasteiger partial charge on any atom is 0.227 e. The van der Waals surface area contributed by atoms with E-state index < -0.39 is 0 Å². The van der Waals surface area contributed by atoms with E-state index in [1.807, 2.05) is 17.9 Å². The molecule has 0 radical (unpaired) electrons. The number of fused-ring (bicyclic) bond motifs is 3. The molecular weight excluding hydrogens is 336 g/mol. The van der Waals surface area contributed by atoms with E-state index in [2.05, 4.69) is 41.7 Å². The molecule has 2 aromatic carbocycles. The summed E-state index contributed by atoms with van der Waals surface area (Å²) in [5, 5.41) is 3.09. The van der Waals surface area contributed by atoms with Gasteiger partial charge in [-0.15, -0.1) is 0 Å². The molecule has 0 saturated carbocycles. The van der Waals surface area contributed by atoms with Gasteiger partial charge in [0.05, 0.1) is 0 Å². The Morgan fingerprint density at radius 2 is 1.78 bits per heavy atom. The molecule has 0 unspecified atom stereocenters. The van der Waals surface area contributed by atoms with Crippen LogP contribution in [-0.2, 0) is 16.0 Å². The second-order valence-corrected chi connectivity index (χ2v) is 7.60. The van der Waals surface area contributed by atoms with Gasteiger partial charge in [-0.3, -0.25) is 9.59 Å². The van der Waals surface area contributed by atoms with Crippen molar-refractivity contribution in [3.63, 3.8) is 0 Å². The number of amides is 2. The van der Waals surface area contributed by atoms with Crippen LogP contribution >= 0.6 is 0 Å². The fourth-order valence-corrected chi connectivity index (χ4v) is 4.23. The summed E-state index contributed by atoms with van der Waals surface area (Å²) in [6.45, 7) is 3.40. The van der Waals surface area contributed by atoms with Crippen LogP contribution in [-0.4, -0.2) is 29.8 Å². The molecule has 2 aliphatic rings. The SMILES string of the molecule is CCCC(=O)N1CCC(C(=O)Nc2ccc3c(c2)Cc2ccccc2-3)CC1. The van der Waals surface area contributed by atoms with Gasteiger partial charge in [-0.1, -0.05) is 37.3 Å². The molecule has 0 spiro atoms. The molecule has 27 heavy (non-hydrogen) atoms. The standard InChI is InChI=1S/C23H26N2O2/c1-2-5-22(26)25-12-10-16(11-13-25)23(27)24-19-8-9-21-18(15-19)14-17-6-3-4-7-20(17)21/h3-4,6-9,15-16H,2,5,10-14H2,1H3,(H,24,27). The Morgan fingerprint density at radius 3 is 2.56 bits per heavy atom. The van der Waals surface area contributed by atoms with E-state index in [-0.39, 0.29) is 17.7 Å². The zero-order valence-electron chi connectivity index (χ0n) is 15.8. The van der Waals surface area contributed by atoms with Crippen molar-refractivity contribution >= 4 is 17.5 Å². The van der Waals surface area contributed by atoms with Crippen molar-refractivity contribution in [2.75, 3.05) is 18.4 Å². The van der Waals surface area contributed by atoms with E-state index in [1.54, 1.807) is 0 Å². The number of anilines is 1. The van der Waals surface area contributed by atoms with E-state index in [0.717, 1.165) is 31.4 Å². The highest BCUT2D eigenvalue weighted by molar-refractivity contribution is 5.93. The molecule has 1 fully saturated rings. The van der Waals surface area contributed by atoms with Crippen LogP contribution in [0.3, 0.4) is 0 Å². The highest BCUT2D eigenvalue weighted by Crippen LogP contribution is 2.37. The predicted octanol–water partition coefficient (Wildman–Crippen LogP) is 4.24. The second kappa shape index (κ2) is 7.55. The van der Waals surface area contributed by atoms with Crippen LogP contribution in [0.4, 0.5) is 5.69 Å². The van der Waals surface area contributed by atoms with Crippen molar-refractivity contribution in [2.24, 2.45) is 5.92 Å². The van der Waals surface area contributed by atoms with E-state index in [4.69, 9.17) is 0 Å².